The van der Waals surface area contributed by atoms with E-state index in [1.807, 2.05) is 0 Å². The van der Waals surface area contributed by atoms with Gasteiger partial charge in [0.05, 0.1) is 11.8 Å². The van der Waals surface area contributed by atoms with E-state index in [0.29, 0.717) is 0 Å². The summed E-state index contributed by atoms with van der Waals surface area (Å²) >= 11 is 0. The molecule has 16 heavy (non-hydrogen) atoms. The Kier molecular flexibility index (Phi) is 11.3. The van der Waals surface area contributed by atoms with Crippen LogP contribution >= 0.6 is 0 Å². The van der Waals surface area contributed by atoms with Gasteiger partial charge in [-0.05, 0) is 0 Å². The van der Waals surface area contributed by atoms with Gasteiger partial charge in [-0.2, -0.15) is 0 Å². The third-order valence-electron chi connectivity index (χ3n) is 1.65. The maximum atomic E-state index is 10.8. The summed E-state index contributed by atoms with van der Waals surface area (Å²) in [5.74, 6) is -1.65. The predicted molar refractivity (Wildman–Crippen MR) is 62.4 cm³/mol. The van der Waals surface area contributed by atoms with Crippen LogP contribution in [0, 0.1) is 11.8 Å². The molecule has 0 heterocycles. The van der Waals surface area contributed by atoms with Gasteiger partial charge in [0.25, 0.3) is 0 Å². The summed E-state index contributed by atoms with van der Waals surface area (Å²) in [6, 6.07) is 0. The fourth-order valence-corrected chi connectivity index (χ4v) is 0.275. The molecule has 0 saturated carbocycles. The molecule has 96 valence electrons. The molecule has 0 radical (unpaired) electrons. The number of unbranched alkanes of at least 4 members (excludes halogenated alkanes) is 1. The lowest BCUT2D eigenvalue weighted by Gasteiger charge is -2.05. The highest BCUT2D eigenvalue weighted by atomic mass is 17.2. The molecule has 0 atom stereocenters. The van der Waals surface area contributed by atoms with Crippen molar-refractivity contribution in [1.29, 1.82) is 0 Å². The van der Waals surface area contributed by atoms with E-state index in [1.165, 1.54) is 12.8 Å². The average molecular weight is 232 g/mol. The monoisotopic (exact) mass is 232 g/mol. The Morgan fingerprint density at radius 1 is 0.812 bits per heavy atom. The maximum Gasteiger partial charge on any atom is 0.358 e. The lowest BCUT2D eigenvalue weighted by molar-refractivity contribution is -0.263. The molecular weight excluding hydrogens is 208 g/mol. The van der Waals surface area contributed by atoms with Crippen LogP contribution < -0.4 is 0 Å². The lowest BCUT2D eigenvalue weighted by atomic mass is 10.2. The quantitative estimate of drug-likeness (QED) is 0.554. The van der Waals surface area contributed by atoms with E-state index in [1.54, 1.807) is 27.7 Å². The second-order valence-electron chi connectivity index (χ2n) is 4.11. The van der Waals surface area contributed by atoms with Crippen LogP contribution in [-0.2, 0) is 19.4 Å². The summed E-state index contributed by atoms with van der Waals surface area (Å²) in [5, 5.41) is 0. The van der Waals surface area contributed by atoms with E-state index in [2.05, 4.69) is 23.6 Å². The van der Waals surface area contributed by atoms with Crippen molar-refractivity contribution in [2.75, 3.05) is 0 Å². The molecule has 0 aliphatic rings. The van der Waals surface area contributed by atoms with E-state index < -0.39 is 11.9 Å². The molecule has 0 unspecified atom stereocenters. The maximum absolute atomic E-state index is 10.8. The SMILES string of the molecule is CC(C)C(=O)OOC(=O)C(C)C.CCCC. The number of hydrogen-bond donors (Lipinski definition) is 0. The van der Waals surface area contributed by atoms with Crippen molar-refractivity contribution in [3.8, 4) is 0 Å². The van der Waals surface area contributed by atoms with E-state index >= 15 is 0 Å². The first kappa shape index (κ1) is 17.3. The molecule has 0 rings (SSSR count). The lowest BCUT2D eigenvalue weighted by Crippen LogP contribution is -2.18. The molecule has 0 bridgehead atoms. The van der Waals surface area contributed by atoms with Gasteiger partial charge >= 0.3 is 11.9 Å². The zero-order valence-corrected chi connectivity index (χ0v) is 11.2. The summed E-state index contributed by atoms with van der Waals surface area (Å²) < 4.78 is 0. The van der Waals surface area contributed by atoms with Crippen molar-refractivity contribution in [3.05, 3.63) is 0 Å². The van der Waals surface area contributed by atoms with E-state index in [9.17, 15) is 9.59 Å². The van der Waals surface area contributed by atoms with Crippen molar-refractivity contribution >= 4 is 11.9 Å². The predicted octanol–water partition coefficient (Wildman–Crippen LogP) is 3.11. The summed E-state index contributed by atoms with van der Waals surface area (Å²) in [5.41, 5.74) is 0. The van der Waals surface area contributed by atoms with Crippen LogP contribution in [0.5, 0.6) is 0 Å². The minimum absolute atomic E-state index is 0.287. The molecule has 0 fully saturated rings. The third-order valence-corrected chi connectivity index (χ3v) is 1.65. The summed E-state index contributed by atoms with van der Waals surface area (Å²) in [7, 11) is 0. The van der Waals surface area contributed by atoms with E-state index in [0.717, 1.165) is 0 Å². The highest BCUT2D eigenvalue weighted by Gasteiger charge is 2.15. The molecule has 0 spiro atoms. The van der Waals surface area contributed by atoms with Crippen LogP contribution in [0.25, 0.3) is 0 Å². The Labute approximate surface area is 98.2 Å². The summed E-state index contributed by atoms with van der Waals surface area (Å²) in [4.78, 5) is 30.0. The van der Waals surface area contributed by atoms with Crippen molar-refractivity contribution in [1.82, 2.24) is 0 Å². The highest BCUT2D eigenvalue weighted by Crippen LogP contribution is 2.00. The third kappa shape index (κ3) is 11.0. The molecule has 0 N–H and O–H groups in total. The van der Waals surface area contributed by atoms with Crippen LogP contribution in [0.2, 0.25) is 0 Å². The first-order chi connectivity index (χ1) is 7.36. The molecule has 0 aliphatic carbocycles. The minimum Gasteiger partial charge on any atom is -0.247 e. The fraction of sp³-hybridized carbons (Fsp3) is 0.833. The van der Waals surface area contributed by atoms with Crippen molar-refractivity contribution in [2.24, 2.45) is 11.8 Å². The molecule has 0 aliphatic heterocycles. The summed E-state index contributed by atoms with van der Waals surface area (Å²) in [6.07, 6.45) is 2.64. The molecule has 0 saturated heterocycles. The second-order valence-corrected chi connectivity index (χ2v) is 4.11. The second kappa shape index (κ2) is 10.5. The molecule has 4 heteroatoms. The molecule has 0 aromatic rings. The zero-order chi connectivity index (χ0) is 13.1. The van der Waals surface area contributed by atoms with Crippen LogP contribution in [-0.4, -0.2) is 11.9 Å². The smallest absolute Gasteiger partial charge is 0.247 e. The van der Waals surface area contributed by atoms with Gasteiger partial charge in [0.1, 0.15) is 0 Å². The standard InChI is InChI=1S/C8H14O4.C4H10/c1-5(2)7(9)11-12-8(10)6(3)4;1-3-4-2/h5-6H,1-4H3;3-4H2,1-2H3. The summed E-state index contributed by atoms with van der Waals surface area (Å²) in [6.45, 7) is 11.0. The minimum atomic E-state index is -0.538. The Morgan fingerprint density at radius 2 is 1.06 bits per heavy atom. The Bertz CT molecular complexity index is 175. The fourth-order valence-electron chi connectivity index (χ4n) is 0.275. The molecule has 4 nitrogen and oxygen atoms in total. The van der Waals surface area contributed by atoms with Crippen molar-refractivity contribution in [2.45, 2.75) is 54.4 Å². The number of rotatable bonds is 3. The molecular formula is C12H24O4. The van der Waals surface area contributed by atoms with Gasteiger partial charge in [0.2, 0.25) is 0 Å². The van der Waals surface area contributed by atoms with Crippen LogP contribution in [0.4, 0.5) is 0 Å². The Balaban J connectivity index is 0. The Morgan fingerprint density at radius 3 is 1.19 bits per heavy atom. The molecule has 0 amide bonds. The van der Waals surface area contributed by atoms with Gasteiger partial charge in [-0.3, -0.25) is 0 Å². The van der Waals surface area contributed by atoms with Gasteiger partial charge in [0, 0.05) is 0 Å². The van der Waals surface area contributed by atoms with Gasteiger partial charge in [-0.25, -0.2) is 19.4 Å². The largest absolute Gasteiger partial charge is 0.358 e. The van der Waals surface area contributed by atoms with Crippen molar-refractivity contribution < 1.29 is 19.4 Å². The van der Waals surface area contributed by atoms with E-state index in [-0.39, 0.29) is 11.8 Å². The molecule has 0 aromatic heterocycles. The highest BCUT2D eigenvalue weighted by molar-refractivity contribution is 5.74. The van der Waals surface area contributed by atoms with E-state index in [4.69, 9.17) is 0 Å². The zero-order valence-electron chi connectivity index (χ0n) is 11.2. The number of hydrogen-bond acceptors (Lipinski definition) is 4. The first-order valence-electron chi connectivity index (χ1n) is 5.78. The number of carbonyl (C=O) groups excluding carboxylic acids is 2. The normalized spacial score (nSPS) is 9.50. The van der Waals surface area contributed by atoms with Gasteiger partial charge in [-0.1, -0.05) is 54.4 Å². The van der Waals surface area contributed by atoms with Crippen LogP contribution in [0.1, 0.15) is 54.4 Å². The average Bonchev–Trinajstić information content (AvgIpc) is 2.25. The van der Waals surface area contributed by atoms with Gasteiger partial charge in [0.15, 0.2) is 0 Å². The number of carbonyl (C=O) groups is 2. The topological polar surface area (TPSA) is 52.6 Å². The van der Waals surface area contributed by atoms with Crippen LogP contribution in [0.3, 0.4) is 0 Å². The van der Waals surface area contributed by atoms with Crippen molar-refractivity contribution in [3.63, 3.8) is 0 Å². The Hall–Kier alpha value is -1.06. The van der Waals surface area contributed by atoms with Gasteiger partial charge in [-0.15, -0.1) is 0 Å². The molecule has 0 aromatic carbocycles. The van der Waals surface area contributed by atoms with Gasteiger partial charge < -0.3 is 0 Å². The van der Waals surface area contributed by atoms with Crippen LogP contribution in [0.15, 0.2) is 0 Å². The first-order valence-corrected chi connectivity index (χ1v) is 5.78.